The van der Waals surface area contributed by atoms with E-state index in [0.29, 0.717) is 12.2 Å². The first-order valence-electron chi connectivity index (χ1n) is 14.7. The number of amides is 1. The van der Waals surface area contributed by atoms with E-state index in [4.69, 9.17) is 4.74 Å². The Morgan fingerprint density at radius 1 is 0.778 bits per heavy atom. The second-order valence-electron chi connectivity index (χ2n) is 10.9. The molecule has 0 saturated carbocycles. The second kappa shape index (κ2) is 13.2. The molecule has 6 rings (SSSR count). The summed E-state index contributed by atoms with van der Waals surface area (Å²) in [6, 6.07) is 40.3. The molecule has 1 amide bonds. The first kappa shape index (κ1) is 29.9. The normalized spacial score (nSPS) is 11.2. The number of carbonyl (C=O) groups excluding carboxylic acids is 1. The lowest BCUT2D eigenvalue weighted by molar-refractivity contribution is 0.0955. The summed E-state index contributed by atoms with van der Waals surface area (Å²) in [6.45, 7) is 6.68. The van der Waals surface area contributed by atoms with Gasteiger partial charge in [0.25, 0.3) is 5.91 Å². The molecule has 7 heteroatoms. The minimum atomic E-state index is -0.266. The minimum absolute atomic E-state index is 0.266. The Labute approximate surface area is 271 Å². The van der Waals surface area contributed by atoms with Crippen LogP contribution < -0.4 is 10.2 Å². The summed E-state index contributed by atoms with van der Waals surface area (Å²) in [7, 11) is 0. The number of aryl methyl sites for hydroxylation is 2. The molecule has 0 aliphatic heterocycles. The number of carbonyl (C=O) groups is 1. The first-order valence-corrected chi connectivity index (χ1v) is 15.5. The van der Waals surface area contributed by atoms with Gasteiger partial charge >= 0.3 is 0 Å². The average molecular weight is 658 g/mol. The summed E-state index contributed by atoms with van der Waals surface area (Å²) < 4.78 is 11.4. The molecule has 0 radical (unpaired) electrons. The lowest BCUT2D eigenvalue weighted by Gasteiger charge is -2.12. The summed E-state index contributed by atoms with van der Waals surface area (Å²) in [4.78, 5) is 12.9. The maximum absolute atomic E-state index is 12.9. The number of rotatable bonds is 9. The molecule has 4 aromatic carbocycles. The van der Waals surface area contributed by atoms with Crippen molar-refractivity contribution in [3.8, 4) is 28.4 Å². The molecule has 0 fully saturated rings. The third kappa shape index (κ3) is 6.69. The summed E-state index contributed by atoms with van der Waals surface area (Å²) in [5.41, 5.74) is 12.7. The number of hydrazone groups is 1. The molecule has 0 aliphatic carbocycles. The largest absolute Gasteiger partial charge is 0.489 e. The predicted octanol–water partition coefficient (Wildman–Crippen LogP) is 8.97. The van der Waals surface area contributed by atoms with Crippen molar-refractivity contribution in [2.24, 2.45) is 5.10 Å². The third-order valence-electron chi connectivity index (χ3n) is 7.79. The number of aromatic nitrogens is 2. The van der Waals surface area contributed by atoms with Gasteiger partial charge in [0.2, 0.25) is 0 Å². The fraction of sp³-hybridized carbons (Fsp3) is 0.105. The second-order valence-corrected chi connectivity index (χ2v) is 11.8. The Bertz CT molecular complexity index is 1950. The van der Waals surface area contributed by atoms with Crippen molar-refractivity contribution in [3.63, 3.8) is 0 Å². The maximum atomic E-state index is 12.9. The standard InChI is InChI=1S/C38H33BrN4O2/c1-26-9-22-37(30-7-5-4-6-8-30)43(26)35-16-12-31(13-17-35)38(44)41-40-24-32-23-27(2)42(28(32)3)34-18-20-36(21-19-34)45-25-29-10-14-33(39)15-11-29/h4-24H,25H2,1-3H3,(H,41,44)/b40-24+. The van der Waals surface area contributed by atoms with Gasteiger partial charge in [-0.1, -0.05) is 58.4 Å². The Kier molecular flexibility index (Phi) is 8.80. The van der Waals surface area contributed by atoms with Gasteiger partial charge in [-0.15, -0.1) is 0 Å². The zero-order valence-electron chi connectivity index (χ0n) is 25.4. The van der Waals surface area contributed by atoms with Gasteiger partial charge < -0.3 is 13.9 Å². The van der Waals surface area contributed by atoms with E-state index in [-0.39, 0.29) is 5.91 Å². The van der Waals surface area contributed by atoms with E-state index in [1.807, 2.05) is 97.9 Å². The molecule has 2 heterocycles. The van der Waals surface area contributed by atoms with Crippen molar-refractivity contribution in [3.05, 3.63) is 160 Å². The van der Waals surface area contributed by atoms with Crippen molar-refractivity contribution >= 4 is 28.1 Å². The van der Waals surface area contributed by atoms with E-state index >= 15 is 0 Å². The summed E-state index contributed by atoms with van der Waals surface area (Å²) in [5.74, 6) is 0.541. The van der Waals surface area contributed by atoms with Gasteiger partial charge in [0, 0.05) is 44.1 Å². The van der Waals surface area contributed by atoms with E-state index in [0.717, 1.165) is 61.1 Å². The third-order valence-corrected chi connectivity index (χ3v) is 8.32. The van der Waals surface area contributed by atoms with Gasteiger partial charge in [-0.2, -0.15) is 5.10 Å². The minimum Gasteiger partial charge on any atom is -0.489 e. The van der Waals surface area contributed by atoms with E-state index in [1.165, 1.54) is 0 Å². The topological polar surface area (TPSA) is 60.5 Å². The fourth-order valence-corrected chi connectivity index (χ4v) is 5.72. The van der Waals surface area contributed by atoms with E-state index in [1.54, 1.807) is 6.21 Å². The van der Waals surface area contributed by atoms with Crippen molar-refractivity contribution in [1.82, 2.24) is 14.6 Å². The molecule has 0 unspecified atom stereocenters. The SMILES string of the molecule is Cc1ccc(-c2ccccc2)n1-c1ccc(C(=O)N/N=C/c2cc(C)n(-c3ccc(OCc4ccc(Br)cc4)cc3)c2C)cc1. The van der Waals surface area contributed by atoms with E-state index in [2.05, 4.69) is 79.8 Å². The van der Waals surface area contributed by atoms with Crippen molar-refractivity contribution in [2.75, 3.05) is 0 Å². The van der Waals surface area contributed by atoms with Crippen LogP contribution in [0.15, 0.2) is 131 Å². The van der Waals surface area contributed by atoms with Gasteiger partial charge in [0.05, 0.1) is 11.9 Å². The molecule has 2 aromatic heterocycles. The van der Waals surface area contributed by atoms with Gasteiger partial charge in [-0.25, -0.2) is 5.43 Å². The Balaban J connectivity index is 1.10. The number of hydrogen-bond acceptors (Lipinski definition) is 3. The molecule has 45 heavy (non-hydrogen) atoms. The molecule has 6 aromatic rings. The quantitative estimate of drug-likeness (QED) is 0.125. The highest BCUT2D eigenvalue weighted by molar-refractivity contribution is 9.10. The van der Waals surface area contributed by atoms with Crippen LogP contribution >= 0.6 is 15.9 Å². The molecular weight excluding hydrogens is 624 g/mol. The molecule has 6 nitrogen and oxygen atoms in total. The highest BCUT2D eigenvalue weighted by Crippen LogP contribution is 2.27. The molecule has 0 spiro atoms. The predicted molar refractivity (Wildman–Crippen MR) is 185 cm³/mol. The van der Waals surface area contributed by atoms with Crippen LogP contribution in [-0.2, 0) is 6.61 Å². The van der Waals surface area contributed by atoms with Gasteiger partial charge in [0.1, 0.15) is 12.4 Å². The molecule has 224 valence electrons. The summed E-state index contributed by atoms with van der Waals surface area (Å²) in [6.07, 6.45) is 1.69. The summed E-state index contributed by atoms with van der Waals surface area (Å²) in [5, 5.41) is 4.27. The Hall–Kier alpha value is -5.14. The molecule has 0 bridgehead atoms. The molecule has 0 atom stereocenters. The maximum Gasteiger partial charge on any atom is 0.271 e. The van der Waals surface area contributed by atoms with Crippen LogP contribution in [0, 0.1) is 20.8 Å². The van der Waals surface area contributed by atoms with Gasteiger partial charge in [0.15, 0.2) is 0 Å². The van der Waals surface area contributed by atoms with Crippen LogP contribution in [0.25, 0.3) is 22.6 Å². The lowest BCUT2D eigenvalue weighted by atomic mass is 10.1. The number of nitrogens with zero attached hydrogens (tertiary/aromatic N) is 3. The zero-order valence-corrected chi connectivity index (χ0v) is 27.0. The van der Waals surface area contributed by atoms with Crippen LogP contribution in [-0.4, -0.2) is 21.3 Å². The van der Waals surface area contributed by atoms with Crippen molar-refractivity contribution in [1.29, 1.82) is 0 Å². The molecular formula is C38H33BrN4O2. The number of benzene rings is 4. The number of nitrogens with one attached hydrogen (secondary N) is 1. The van der Waals surface area contributed by atoms with Gasteiger partial charge in [-0.05, 0) is 111 Å². The smallest absolute Gasteiger partial charge is 0.271 e. The number of ether oxygens (including phenoxy) is 1. The van der Waals surface area contributed by atoms with E-state index < -0.39 is 0 Å². The number of hydrogen-bond donors (Lipinski definition) is 1. The van der Waals surface area contributed by atoms with Crippen LogP contribution in [0.5, 0.6) is 5.75 Å². The molecule has 0 aliphatic rings. The monoisotopic (exact) mass is 656 g/mol. The fourth-order valence-electron chi connectivity index (χ4n) is 5.46. The molecule has 1 N–H and O–H groups in total. The average Bonchev–Trinajstić information content (AvgIpc) is 3.59. The highest BCUT2D eigenvalue weighted by Gasteiger charge is 2.12. The summed E-state index contributed by atoms with van der Waals surface area (Å²) >= 11 is 3.46. The first-order chi connectivity index (χ1) is 21.9. The van der Waals surface area contributed by atoms with Crippen molar-refractivity contribution < 1.29 is 9.53 Å². The zero-order chi connectivity index (χ0) is 31.3. The van der Waals surface area contributed by atoms with Crippen LogP contribution in [0.2, 0.25) is 0 Å². The Morgan fingerprint density at radius 2 is 1.44 bits per heavy atom. The van der Waals surface area contributed by atoms with Gasteiger partial charge in [-0.3, -0.25) is 4.79 Å². The number of halogens is 1. The molecule has 0 saturated heterocycles. The van der Waals surface area contributed by atoms with E-state index in [9.17, 15) is 4.79 Å². The van der Waals surface area contributed by atoms with Crippen molar-refractivity contribution in [2.45, 2.75) is 27.4 Å². The highest BCUT2D eigenvalue weighted by atomic mass is 79.9. The Morgan fingerprint density at radius 3 is 2.16 bits per heavy atom. The van der Waals surface area contributed by atoms with Crippen LogP contribution in [0.3, 0.4) is 0 Å². The van der Waals surface area contributed by atoms with Crippen LogP contribution in [0.4, 0.5) is 0 Å². The lowest BCUT2D eigenvalue weighted by Crippen LogP contribution is -2.17. The van der Waals surface area contributed by atoms with Crippen LogP contribution in [0.1, 0.15) is 38.6 Å².